The van der Waals surface area contributed by atoms with E-state index < -0.39 is 0 Å². The predicted octanol–water partition coefficient (Wildman–Crippen LogP) is 3.90. The maximum absolute atomic E-state index is 5.86. The molecule has 1 atom stereocenters. The van der Waals surface area contributed by atoms with Gasteiger partial charge in [-0.2, -0.15) is 0 Å². The van der Waals surface area contributed by atoms with Gasteiger partial charge in [-0.1, -0.05) is 48.9 Å². The highest BCUT2D eigenvalue weighted by Crippen LogP contribution is 2.17. The summed E-state index contributed by atoms with van der Waals surface area (Å²) >= 11 is 0. The summed E-state index contributed by atoms with van der Waals surface area (Å²) in [6, 6.07) is 17.1. The zero-order valence-corrected chi connectivity index (χ0v) is 12.5. The second-order valence-electron chi connectivity index (χ2n) is 5.06. The molecule has 0 saturated carbocycles. The number of aryl methyl sites for hydroxylation is 2. The van der Waals surface area contributed by atoms with E-state index in [4.69, 9.17) is 4.74 Å². The number of nitrogens with one attached hydrogen (secondary N) is 1. The molecule has 0 radical (unpaired) electrons. The van der Waals surface area contributed by atoms with E-state index in [2.05, 4.69) is 55.6 Å². The Hall–Kier alpha value is -1.80. The minimum atomic E-state index is 0.210. The summed E-state index contributed by atoms with van der Waals surface area (Å²) < 4.78 is 5.86. The third-order valence-electron chi connectivity index (χ3n) is 3.58. The fraction of sp³-hybridized carbons (Fsp3) is 0.333. The minimum Gasteiger partial charge on any atom is -0.492 e. The number of ether oxygens (including phenoxy) is 1. The van der Waals surface area contributed by atoms with Gasteiger partial charge in [-0.05, 0) is 43.7 Å². The molecule has 2 heteroatoms. The second kappa shape index (κ2) is 7.11. The molecular formula is C18H23NO. The lowest BCUT2D eigenvalue weighted by Crippen LogP contribution is -2.23. The van der Waals surface area contributed by atoms with E-state index in [1.807, 2.05) is 19.2 Å². The third kappa shape index (κ3) is 3.84. The van der Waals surface area contributed by atoms with E-state index in [0.717, 1.165) is 12.2 Å². The summed E-state index contributed by atoms with van der Waals surface area (Å²) in [5, 5.41) is 3.31. The minimum absolute atomic E-state index is 0.210. The van der Waals surface area contributed by atoms with Crippen LogP contribution in [0.3, 0.4) is 0 Å². The first-order chi connectivity index (χ1) is 9.72. The first-order valence-corrected chi connectivity index (χ1v) is 7.18. The molecule has 1 N–H and O–H groups in total. The normalized spacial score (nSPS) is 12.2. The van der Waals surface area contributed by atoms with Gasteiger partial charge in [0.05, 0.1) is 6.04 Å². The fourth-order valence-electron chi connectivity index (χ4n) is 2.15. The van der Waals surface area contributed by atoms with Crippen LogP contribution in [0.2, 0.25) is 0 Å². The van der Waals surface area contributed by atoms with Crippen molar-refractivity contribution >= 4 is 0 Å². The molecule has 0 saturated heterocycles. The lowest BCUT2D eigenvalue weighted by molar-refractivity contribution is 0.273. The Kier molecular flexibility index (Phi) is 5.19. The van der Waals surface area contributed by atoms with E-state index >= 15 is 0 Å². The van der Waals surface area contributed by atoms with Gasteiger partial charge in [0.1, 0.15) is 12.4 Å². The molecule has 0 amide bonds. The molecule has 1 unspecified atom stereocenters. The first-order valence-electron chi connectivity index (χ1n) is 7.18. The van der Waals surface area contributed by atoms with E-state index in [1.165, 1.54) is 16.7 Å². The molecule has 0 spiro atoms. The second-order valence-corrected chi connectivity index (χ2v) is 5.06. The van der Waals surface area contributed by atoms with Crippen LogP contribution in [0.5, 0.6) is 5.75 Å². The lowest BCUT2D eigenvalue weighted by Gasteiger charge is -2.18. The number of likely N-dealkylation sites (N-methyl/N-ethyl adjacent to an activating group) is 1. The molecule has 2 aromatic rings. The predicted molar refractivity (Wildman–Crippen MR) is 84.3 cm³/mol. The summed E-state index contributed by atoms with van der Waals surface area (Å²) in [5.74, 6) is 0.918. The molecule has 0 aliphatic heterocycles. The van der Waals surface area contributed by atoms with Gasteiger partial charge in [-0.25, -0.2) is 0 Å². The van der Waals surface area contributed by atoms with Crippen molar-refractivity contribution in [3.05, 3.63) is 65.2 Å². The molecule has 0 aromatic heterocycles. The zero-order chi connectivity index (χ0) is 14.4. The summed E-state index contributed by atoms with van der Waals surface area (Å²) in [6.45, 7) is 4.88. The highest BCUT2D eigenvalue weighted by molar-refractivity contribution is 5.28. The van der Waals surface area contributed by atoms with Crippen molar-refractivity contribution in [2.75, 3.05) is 13.7 Å². The summed E-state index contributed by atoms with van der Waals surface area (Å²) in [5.41, 5.74) is 3.87. The van der Waals surface area contributed by atoms with Crippen LogP contribution in [0.1, 0.15) is 29.7 Å². The van der Waals surface area contributed by atoms with Crippen LogP contribution >= 0.6 is 0 Å². The number of rotatable bonds is 6. The smallest absolute Gasteiger partial charge is 0.119 e. The van der Waals surface area contributed by atoms with Crippen LogP contribution in [0.25, 0.3) is 0 Å². The molecule has 20 heavy (non-hydrogen) atoms. The Morgan fingerprint density at radius 1 is 1.00 bits per heavy atom. The Bertz CT molecular complexity index is 516. The Labute approximate surface area is 121 Å². The molecule has 0 bridgehead atoms. The average Bonchev–Trinajstić information content (AvgIpc) is 2.50. The van der Waals surface area contributed by atoms with Crippen molar-refractivity contribution in [2.45, 2.75) is 26.3 Å². The van der Waals surface area contributed by atoms with Gasteiger partial charge in [-0.15, -0.1) is 0 Å². The number of benzene rings is 2. The topological polar surface area (TPSA) is 21.3 Å². The highest BCUT2D eigenvalue weighted by atomic mass is 16.5. The molecule has 0 fully saturated rings. The van der Waals surface area contributed by atoms with Gasteiger partial charge >= 0.3 is 0 Å². The quantitative estimate of drug-likeness (QED) is 0.859. The van der Waals surface area contributed by atoms with Crippen molar-refractivity contribution in [3.8, 4) is 5.75 Å². The molecule has 0 aliphatic rings. The van der Waals surface area contributed by atoms with Crippen LogP contribution in [-0.4, -0.2) is 13.7 Å². The summed E-state index contributed by atoms with van der Waals surface area (Å²) in [6.07, 6.45) is 1.07. The maximum Gasteiger partial charge on any atom is 0.119 e. The van der Waals surface area contributed by atoms with Crippen LogP contribution < -0.4 is 10.1 Å². The van der Waals surface area contributed by atoms with Crippen LogP contribution in [0.15, 0.2) is 48.5 Å². The zero-order valence-electron chi connectivity index (χ0n) is 12.5. The van der Waals surface area contributed by atoms with E-state index in [1.54, 1.807) is 0 Å². The van der Waals surface area contributed by atoms with Gasteiger partial charge in [0.15, 0.2) is 0 Å². The van der Waals surface area contributed by atoms with Crippen LogP contribution in [0.4, 0.5) is 0 Å². The van der Waals surface area contributed by atoms with Crippen molar-refractivity contribution in [2.24, 2.45) is 0 Å². The highest BCUT2D eigenvalue weighted by Gasteiger charge is 2.09. The Balaban J connectivity index is 1.99. The molecule has 0 aliphatic carbocycles. The van der Waals surface area contributed by atoms with Gasteiger partial charge in [0.25, 0.3) is 0 Å². The summed E-state index contributed by atoms with van der Waals surface area (Å²) in [7, 11) is 1.97. The van der Waals surface area contributed by atoms with E-state index in [-0.39, 0.29) is 6.04 Å². The number of hydrogen-bond acceptors (Lipinski definition) is 2. The monoisotopic (exact) mass is 269 g/mol. The Morgan fingerprint density at radius 3 is 2.20 bits per heavy atom. The van der Waals surface area contributed by atoms with E-state index in [9.17, 15) is 0 Å². The SMILES string of the molecule is CCc1ccc(C(COc2ccc(C)cc2)NC)cc1. The maximum atomic E-state index is 5.86. The molecule has 0 heterocycles. The standard InChI is InChI=1S/C18H23NO/c1-4-15-7-9-16(10-8-15)18(19-3)13-20-17-11-5-14(2)6-12-17/h5-12,18-19H,4,13H2,1-3H3. The molecule has 2 nitrogen and oxygen atoms in total. The molecule has 2 aromatic carbocycles. The largest absolute Gasteiger partial charge is 0.492 e. The Morgan fingerprint density at radius 2 is 1.65 bits per heavy atom. The summed E-state index contributed by atoms with van der Waals surface area (Å²) in [4.78, 5) is 0. The average molecular weight is 269 g/mol. The number of hydrogen-bond donors (Lipinski definition) is 1. The van der Waals surface area contributed by atoms with Gasteiger partial charge in [0.2, 0.25) is 0 Å². The molecular weight excluding hydrogens is 246 g/mol. The molecule has 2 rings (SSSR count). The van der Waals surface area contributed by atoms with Crippen LogP contribution in [-0.2, 0) is 6.42 Å². The molecule has 106 valence electrons. The van der Waals surface area contributed by atoms with Gasteiger partial charge < -0.3 is 10.1 Å². The van der Waals surface area contributed by atoms with Crippen molar-refractivity contribution in [1.82, 2.24) is 5.32 Å². The van der Waals surface area contributed by atoms with Crippen molar-refractivity contribution in [1.29, 1.82) is 0 Å². The third-order valence-corrected chi connectivity index (χ3v) is 3.58. The lowest BCUT2D eigenvalue weighted by atomic mass is 10.0. The van der Waals surface area contributed by atoms with Crippen LogP contribution in [0, 0.1) is 6.92 Å². The van der Waals surface area contributed by atoms with Gasteiger partial charge in [0, 0.05) is 0 Å². The first kappa shape index (κ1) is 14.6. The van der Waals surface area contributed by atoms with Crippen molar-refractivity contribution in [3.63, 3.8) is 0 Å². The fourth-order valence-corrected chi connectivity index (χ4v) is 2.15. The van der Waals surface area contributed by atoms with Gasteiger partial charge in [-0.3, -0.25) is 0 Å². The van der Waals surface area contributed by atoms with E-state index in [0.29, 0.717) is 6.61 Å². The van der Waals surface area contributed by atoms with Crippen molar-refractivity contribution < 1.29 is 4.74 Å².